The van der Waals surface area contributed by atoms with Crippen LogP contribution in [0.25, 0.3) is 0 Å². The molecule has 162 valence electrons. The third-order valence-electron chi connectivity index (χ3n) is 3.86. The summed E-state index contributed by atoms with van der Waals surface area (Å²) in [5.74, 6) is -2.52. The minimum Gasteiger partial charge on any atom is -0.344 e. The predicted molar refractivity (Wildman–Crippen MR) is 106 cm³/mol. The van der Waals surface area contributed by atoms with Crippen molar-refractivity contribution in [2.75, 3.05) is 16.8 Å². The number of nitrogens with zero attached hydrogens (tertiary/aromatic N) is 1. The second-order valence-corrected chi connectivity index (χ2v) is 8.00. The van der Waals surface area contributed by atoms with Gasteiger partial charge in [0.15, 0.2) is 0 Å². The molecule has 6 nitrogen and oxygen atoms in total. The molecule has 2 amide bonds. The van der Waals surface area contributed by atoms with E-state index in [1.807, 2.05) is 13.8 Å². The average Bonchev–Trinajstić information content (AvgIpc) is 2.64. The van der Waals surface area contributed by atoms with Crippen molar-refractivity contribution in [3.05, 3.63) is 24.5 Å². The molecule has 1 heterocycles. The summed E-state index contributed by atoms with van der Waals surface area (Å²) in [5, 5.41) is 5.35. The number of hydrogen-bond donors (Lipinski definition) is 2. The van der Waals surface area contributed by atoms with Gasteiger partial charge in [-0.1, -0.05) is 13.8 Å². The summed E-state index contributed by atoms with van der Waals surface area (Å²) in [6.07, 6.45) is -0.239. The topological polar surface area (TPSA) is 88.2 Å². The SMILES string of the molecule is CC(C)CCC(=O)N[C@@H](CCCSCC(=O)C(F)(F)F)C(=O)Nc1cccnc1. The second kappa shape index (κ2) is 12.5. The van der Waals surface area contributed by atoms with E-state index in [0.29, 0.717) is 24.4 Å². The molecule has 0 saturated heterocycles. The Bertz CT molecular complexity index is 670. The quantitative estimate of drug-likeness (QED) is 0.492. The highest BCUT2D eigenvalue weighted by Gasteiger charge is 2.37. The third-order valence-corrected chi connectivity index (χ3v) is 4.90. The van der Waals surface area contributed by atoms with Gasteiger partial charge in [0.1, 0.15) is 6.04 Å². The third kappa shape index (κ3) is 10.9. The molecule has 0 unspecified atom stereocenters. The minimum absolute atomic E-state index is 0.243. The zero-order valence-corrected chi connectivity index (χ0v) is 17.2. The van der Waals surface area contributed by atoms with Crippen LogP contribution in [0.5, 0.6) is 0 Å². The molecule has 0 bridgehead atoms. The van der Waals surface area contributed by atoms with Crippen LogP contribution in [-0.4, -0.2) is 46.3 Å². The van der Waals surface area contributed by atoms with E-state index in [0.717, 1.165) is 11.8 Å². The molecule has 1 aromatic heterocycles. The van der Waals surface area contributed by atoms with Crippen molar-refractivity contribution in [1.82, 2.24) is 10.3 Å². The fourth-order valence-corrected chi connectivity index (χ4v) is 3.12. The number of carbonyl (C=O) groups excluding carboxylic acids is 3. The number of aromatic nitrogens is 1. The van der Waals surface area contributed by atoms with Crippen LogP contribution in [0.2, 0.25) is 0 Å². The highest BCUT2D eigenvalue weighted by atomic mass is 32.2. The maximum atomic E-state index is 12.5. The lowest BCUT2D eigenvalue weighted by Gasteiger charge is -2.19. The molecule has 1 atom stereocenters. The van der Waals surface area contributed by atoms with Crippen LogP contribution in [0.3, 0.4) is 0 Å². The zero-order chi connectivity index (χ0) is 21.9. The van der Waals surface area contributed by atoms with E-state index in [2.05, 4.69) is 15.6 Å². The van der Waals surface area contributed by atoms with Crippen LogP contribution >= 0.6 is 11.8 Å². The number of amides is 2. The highest BCUT2D eigenvalue weighted by molar-refractivity contribution is 7.99. The van der Waals surface area contributed by atoms with Gasteiger partial charge in [-0.25, -0.2) is 0 Å². The number of Topliss-reactive ketones (excluding diaryl/α,β-unsaturated/α-hetero) is 1. The molecular weight excluding hydrogens is 407 g/mol. The first-order chi connectivity index (χ1) is 13.6. The van der Waals surface area contributed by atoms with Crippen molar-refractivity contribution in [1.29, 1.82) is 0 Å². The van der Waals surface area contributed by atoms with Gasteiger partial charge in [0.25, 0.3) is 0 Å². The number of carbonyl (C=O) groups is 3. The number of hydrogen-bond acceptors (Lipinski definition) is 5. The Morgan fingerprint density at radius 2 is 1.93 bits per heavy atom. The monoisotopic (exact) mass is 433 g/mol. The predicted octanol–water partition coefficient (Wildman–Crippen LogP) is 3.59. The van der Waals surface area contributed by atoms with Gasteiger partial charge < -0.3 is 10.6 Å². The molecule has 2 N–H and O–H groups in total. The van der Waals surface area contributed by atoms with Crippen molar-refractivity contribution in [2.24, 2.45) is 5.92 Å². The number of alkyl halides is 3. The van der Waals surface area contributed by atoms with Crippen LogP contribution in [0.4, 0.5) is 18.9 Å². The lowest BCUT2D eigenvalue weighted by Crippen LogP contribution is -2.44. The highest BCUT2D eigenvalue weighted by Crippen LogP contribution is 2.19. The van der Waals surface area contributed by atoms with Crippen LogP contribution < -0.4 is 10.6 Å². The molecule has 0 aromatic carbocycles. The minimum atomic E-state index is -4.83. The van der Waals surface area contributed by atoms with Crippen molar-refractivity contribution in [3.8, 4) is 0 Å². The van der Waals surface area contributed by atoms with E-state index in [-0.39, 0.29) is 24.5 Å². The molecule has 0 radical (unpaired) electrons. The standard InChI is InChI=1S/C19H26F3N3O3S/c1-13(2)7-8-17(27)25-15(18(28)24-14-5-3-9-23-11-14)6-4-10-29-12-16(26)19(20,21)22/h3,5,9,11,13,15H,4,6-8,10,12H2,1-2H3,(H,24,28)(H,25,27)/t15-/m0/s1. The van der Waals surface area contributed by atoms with Crippen LogP contribution in [0, 0.1) is 5.92 Å². The van der Waals surface area contributed by atoms with Gasteiger partial charge in [-0.15, -0.1) is 0 Å². The molecule has 0 saturated carbocycles. The fraction of sp³-hybridized carbons (Fsp3) is 0.579. The number of anilines is 1. The number of nitrogens with one attached hydrogen (secondary N) is 2. The molecule has 10 heteroatoms. The molecular formula is C19H26F3N3O3S. The lowest BCUT2D eigenvalue weighted by atomic mass is 10.1. The van der Waals surface area contributed by atoms with Crippen LogP contribution in [-0.2, 0) is 14.4 Å². The van der Waals surface area contributed by atoms with E-state index in [9.17, 15) is 27.6 Å². The van der Waals surface area contributed by atoms with Gasteiger partial charge in [-0.2, -0.15) is 24.9 Å². The lowest BCUT2D eigenvalue weighted by molar-refractivity contribution is -0.167. The van der Waals surface area contributed by atoms with E-state index < -0.39 is 29.7 Å². The molecule has 1 rings (SSSR count). The summed E-state index contributed by atoms with van der Waals surface area (Å²) in [6, 6.07) is 2.48. The normalized spacial score (nSPS) is 12.5. The van der Waals surface area contributed by atoms with Gasteiger partial charge in [0, 0.05) is 12.6 Å². The Hall–Kier alpha value is -2.10. The largest absolute Gasteiger partial charge is 0.450 e. The summed E-state index contributed by atoms with van der Waals surface area (Å²) in [7, 11) is 0. The van der Waals surface area contributed by atoms with Crippen molar-refractivity contribution >= 4 is 35.0 Å². The molecule has 1 aromatic rings. The average molecular weight is 433 g/mol. The second-order valence-electron chi connectivity index (χ2n) is 6.90. The number of halogens is 3. The van der Waals surface area contributed by atoms with Gasteiger partial charge in [0.05, 0.1) is 17.6 Å². The summed E-state index contributed by atoms with van der Waals surface area (Å²) in [5.41, 5.74) is 0.476. The maximum Gasteiger partial charge on any atom is 0.450 e. The van der Waals surface area contributed by atoms with Crippen molar-refractivity contribution in [2.45, 2.75) is 51.7 Å². The van der Waals surface area contributed by atoms with E-state index in [1.165, 1.54) is 6.20 Å². The fourth-order valence-electron chi connectivity index (χ4n) is 2.26. The summed E-state index contributed by atoms with van der Waals surface area (Å²) < 4.78 is 36.6. The molecule has 0 aliphatic carbocycles. The number of thioether (sulfide) groups is 1. The first-order valence-electron chi connectivity index (χ1n) is 9.27. The zero-order valence-electron chi connectivity index (χ0n) is 16.4. The van der Waals surface area contributed by atoms with Gasteiger partial charge in [0.2, 0.25) is 17.6 Å². The summed E-state index contributed by atoms with van der Waals surface area (Å²) in [6.45, 7) is 3.97. The van der Waals surface area contributed by atoms with Crippen LogP contribution in [0.1, 0.15) is 39.5 Å². The van der Waals surface area contributed by atoms with Crippen LogP contribution in [0.15, 0.2) is 24.5 Å². The molecule has 0 aliphatic rings. The maximum absolute atomic E-state index is 12.5. The Kier molecular flexibility index (Phi) is 10.7. The van der Waals surface area contributed by atoms with Crippen molar-refractivity contribution in [3.63, 3.8) is 0 Å². The molecule has 29 heavy (non-hydrogen) atoms. The molecule has 0 fully saturated rings. The van der Waals surface area contributed by atoms with E-state index >= 15 is 0 Å². The first kappa shape index (κ1) is 24.9. The van der Waals surface area contributed by atoms with E-state index in [1.54, 1.807) is 18.3 Å². The first-order valence-corrected chi connectivity index (χ1v) is 10.4. The Morgan fingerprint density at radius 1 is 1.21 bits per heavy atom. The number of pyridine rings is 1. The van der Waals surface area contributed by atoms with Gasteiger partial charge in [-0.05, 0) is 43.1 Å². The smallest absolute Gasteiger partial charge is 0.344 e. The molecule has 0 aliphatic heterocycles. The number of rotatable bonds is 12. The van der Waals surface area contributed by atoms with Crippen molar-refractivity contribution < 1.29 is 27.6 Å². The molecule has 0 spiro atoms. The Morgan fingerprint density at radius 3 is 2.52 bits per heavy atom. The van der Waals surface area contributed by atoms with E-state index in [4.69, 9.17) is 0 Å². The summed E-state index contributed by atoms with van der Waals surface area (Å²) >= 11 is 0.855. The summed E-state index contributed by atoms with van der Waals surface area (Å²) in [4.78, 5) is 39.4. The number of ketones is 1. The Labute approximate surface area is 172 Å². The van der Waals surface area contributed by atoms with Gasteiger partial charge in [-0.3, -0.25) is 19.4 Å². The Balaban J connectivity index is 2.56. The van der Waals surface area contributed by atoms with Gasteiger partial charge >= 0.3 is 6.18 Å².